The smallest absolute Gasteiger partial charge is 0.0890 e. The SMILES string of the molecule is c1ccc(CC2COC3CCOC23)cc1. The molecule has 1 aromatic rings. The van der Waals surface area contributed by atoms with E-state index in [1.54, 1.807) is 0 Å². The van der Waals surface area contributed by atoms with E-state index in [1.807, 2.05) is 0 Å². The maximum atomic E-state index is 5.74. The van der Waals surface area contributed by atoms with Crippen LogP contribution in [0.2, 0.25) is 0 Å². The van der Waals surface area contributed by atoms with Gasteiger partial charge in [0.05, 0.1) is 18.8 Å². The van der Waals surface area contributed by atoms with Gasteiger partial charge in [0.2, 0.25) is 0 Å². The van der Waals surface area contributed by atoms with Gasteiger partial charge in [-0.25, -0.2) is 0 Å². The van der Waals surface area contributed by atoms with Crippen LogP contribution in [0.3, 0.4) is 0 Å². The molecule has 0 aromatic heterocycles. The summed E-state index contributed by atoms with van der Waals surface area (Å²) < 4.78 is 11.5. The van der Waals surface area contributed by atoms with Crippen molar-refractivity contribution < 1.29 is 9.47 Å². The molecule has 2 saturated heterocycles. The third-order valence-corrected chi connectivity index (χ3v) is 3.41. The van der Waals surface area contributed by atoms with Crippen LogP contribution in [0.4, 0.5) is 0 Å². The van der Waals surface area contributed by atoms with Crippen molar-refractivity contribution in [3.8, 4) is 0 Å². The van der Waals surface area contributed by atoms with Crippen LogP contribution >= 0.6 is 0 Å². The molecule has 15 heavy (non-hydrogen) atoms. The summed E-state index contributed by atoms with van der Waals surface area (Å²) in [7, 11) is 0. The molecule has 1 aromatic carbocycles. The fraction of sp³-hybridized carbons (Fsp3) is 0.538. The van der Waals surface area contributed by atoms with Gasteiger partial charge in [0.1, 0.15) is 0 Å². The van der Waals surface area contributed by atoms with E-state index in [4.69, 9.17) is 9.47 Å². The first-order valence-corrected chi connectivity index (χ1v) is 5.70. The highest BCUT2D eigenvalue weighted by Crippen LogP contribution is 2.32. The normalized spacial score (nSPS) is 34.3. The minimum Gasteiger partial charge on any atom is -0.375 e. The van der Waals surface area contributed by atoms with E-state index in [-0.39, 0.29) is 0 Å². The summed E-state index contributed by atoms with van der Waals surface area (Å²) in [6.07, 6.45) is 2.89. The van der Waals surface area contributed by atoms with E-state index in [1.165, 1.54) is 5.56 Å². The highest BCUT2D eigenvalue weighted by Gasteiger charge is 2.41. The van der Waals surface area contributed by atoms with Crippen molar-refractivity contribution in [1.29, 1.82) is 0 Å². The Labute approximate surface area is 90.2 Å². The molecule has 80 valence electrons. The molecule has 0 radical (unpaired) electrons. The second-order valence-electron chi connectivity index (χ2n) is 4.45. The Morgan fingerprint density at radius 2 is 2.00 bits per heavy atom. The Morgan fingerprint density at radius 1 is 1.13 bits per heavy atom. The van der Waals surface area contributed by atoms with Crippen molar-refractivity contribution in [3.63, 3.8) is 0 Å². The van der Waals surface area contributed by atoms with E-state index in [2.05, 4.69) is 30.3 Å². The Morgan fingerprint density at radius 3 is 2.87 bits per heavy atom. The van der Waals surface area contributed by atoms with Gasteiger partial charge in [0.15, 0.2) is 0 Å². The summed E-state index contributed by atoms with van der Waals surface area (Å²) >= 11 is 0. The summed E-state index contributed by atoms with van der Waals surface area (Å²) in [5.41, 5.74) is 1.39. The van der Waals surface area contributed by atoms with Crippen molar-refractivity contribution in [1.82, 2.24) is 0 Å². The average Bonchev–Trinajstić information content (AvgIpc) is 2.85. The fourth-order valence-corrected chi connectivity index (χ4v) is 2.64. The zero-order chi connectivity index (χ0) is 10.1. The highest BCUT2D eigenvalue weighted by molar-refractivity contribution is 5.16. The topological polar surface area (TPSA) is 18.5 Å². The Bertz CT molecular complexity index is 323. The predicted octanol–water partition coefficient (Wildman–Crippen LogP) is 2.03. The molecule has 0 spiro atoms. The van der Waals surface area contributed by atoms with Crippen molar-refractivity contribution >= 4 is 0 Å². The predicted molar refractivity (Wildman–Crippen MR) is 57.7 cm³/mol. The maximum Gasteiger partial charge on any atom is 0.0890 e. The van der Waals surface area contributed by atoms with Crippen LogP contribution in [0.1, 0.15) is 12.0 Å². The van der Waals surface area contributed by atoms with E-state index < -0.39 is 0 Å². The summed E-state index contributed by atoms with van der Waals surface area (Å²) in [6.45, 7) is 1.74. The molecular weight excluding hydrogens is 188 g/mol. The lowest BCUT2D eigenvalue weighted by Gasteiger charge is -2.15. The number of hydrogen-bond donors (Lipinski definition) is 0. The molecule has 3 rings (SSSR count). The first kappa shape index (κ1) is 9.37. The van der Waals surface area contributed by atoms with Gasteiger partial charge < -0.3 is 9.47 Å². The number of ether oxygens (including phenoxy) is 2. The van der Waals surface area contributed by atoms with Gasteiger partial charge >= 0.3 is 0 Å². The summed E-state index contributed by atoms with van der Waals surface area (Å²) in [5.74, 6) is 0.555. The molecule has 2 aliphatic rings. The molecule has 0 aliphatic carbocycles. The van der Waals surface area contributed by atoms with Gasteiger partial charge in [-0.05, 0) is 18.4 Å². The second-order valence-corrected chi connectivity index (χ2v) is 4.45. The standard InChI is InChI=1S/C13H16O2/c1-2-4-10(5-3-1)8-11-9-15-12-6-7-14-13(11)12/h1-5,11-13H,6-9H2. The average molecular weight is 204 g/mol. The molecule has 2 nitrogen and oxygen atoms in total. The molecule has 2 aliphatic heterocycles. The number of fused-ring (bicyclic) bond motifs is 1. The first-order valence-electron chi connectivity index (χ1n) is 5.70. The number of benzene rings is 1. The molecule has 2 fully saturated rings. The third kappa shape index (κ3) is 1.80. The van der Waals surface area contributed by atoms with Crippen LogP contribution in [-0.2, 0) is 15.9 Å². The van der Waals surface area contributed by atoms with Crippen LogP contribution in [-0.4, -0.2) is 25.4 Å². The lowest BCUT2D eigenvalue weighted by atomic mass is 9.94. The van der Waals surface area contributed by atoms with Crippen LogP contribution in [0.25, 0.3) is 0 Å². The Balaban J connectivity index is 1.69. The quantitative estimate of drug-likeness (QED) is 0.734. The summed E-state index contributed by atoms with van der Waals surface area (Å²) in [4.78, 5) is 0. The van der Waals surface area contributed by atoms with Crippen molar-refractivity contribution in [2.45, 2.75) is 25.0 Å². The first-order chi connectivity index (χ1) is 7.43. The van der Waals surface area contributed by atoms with Crippen LogP contribution in [0.15, 0.2) is 30.3 Å². The molecular formula is C13H16O2. The van der Waals surface area contributed by atoms with E-state index in [9.17, 15) is 0 Å². The van der Waals surface area contributed by atoms with Crippen molar-refractivity contribution in [2.24, 2.45) is 5.92 Å². The maximum absolute atomic E-state index is 5.74. The van der Waals surface area contributed by atoms with Gasteiger partial charge in [0, 0.05) is 12.5 Å². The minimum absolute atomic E-state index is 0.352. The lowest BCUT2D eigenvalue weighted by molar-refractivity contribution is 0.0635. The van der Waals surface area contributed by atoms with E-state index in [0.29, 0.717) is 18.1 Å². The molecule has 0 bridgehead atoms. The minimum atomic E-state index is 0.352. The van der Waals surface area contributed by atoms with E-state index in [0.717, 1.165) is 26.1 Å². The zero-order valence-electron chi connectivity index (χ0n) is 8.76. The Kier molecular flexibility index (Phi) is 2.47. The fourth-order valence-electron chi connectivity index (χ4n) is 2.64. The molecule has 0 amide bonds. The van der Waals surface area contributed by atoms with Crippen LogP contribution in [0, 0.1) is 5.92 Å². The summed E-state index contributed by atoms with van der Waals surface area (Å²) in [6, 6.07) is 10.6. The van der Waals surface area contributed by atoms with E-state index >= 15 is 0 Å². The number of rotatable bonds is 2. The van der Waals surface area contributed by atoms with Crippen LogP contribution < -0.4 is 0 Å². The van der Waals surface area contributed by atoms with Gasteiger partial charge in [0.25, 0.3) is 0 Å². The van der Waals surface area contributed by atoms with Crippen molar-refractivity contribution in [3.05, 3.63) is 35.9 Å². The second kappa shape index (κ2) is 3.95. The van der Waals surface area contributed by atoms with Gasteiger partial charge in [-0.3, -0.25) is 0 Å². The highest BCUT2D eigenvalue weighted by atomic mass is 16.6. The molecule has 3 unspecified atom stereocenters. The molecule has 2 heterocycles. The van der Waals surface area contributed by atoms with Crippen molar-refractivity contribution in [2.75, 3.05) is 13.2 Å². The van der Waals surface area contributed by atoms with Crippen LogP contribution in [0.5, 0.6) is 0 Å². The molecule has 0 N–H and O–H groups in total. The molecule has 2 heteroatoms. The largest absolute Gasteiger partial charge is 0.375 e. The third-order valence-electron chi connectivity index (χ3n) is 3.41. The lowest BCUT2D eigenvalue weighted by Crippen LogP contribution is -2.24. The Hall–Kier alpha value is -0.860. The van der Waals surface area contributed by atoms with Gasteiger partial charge in [-0.1, -0.05) is 30.3 Å². The summed E-state index contributed by atoms with van der Waals surface area (Å²) in [5, 5.41) is 0. The molecule has 3 atom stereocenters. The number of hydrogen-bond acceptors (Lipinski definition) is 2. The monoisotopic (exact) mass is 204 g/mol. The molecule has 0 saturated carbocycles. The van der Waals surface area contributed by atoms with Gasteiger partial charge in [-0.2, -0.15) is 0 Å². The van der Waals surface area contributed by atoms with Gasteiger partial charge in [-0.15, -0.1) is 0 Å². The zero-order valence-corrected chi connectivity index (χ0v) is 8.76.